The summed E-state index contributed by atoms with van der Waals surface area (Å²) in [5.41, 5.74) is 0.417. The molecule has 0 amide bonds. The summed E-state index contributed by atoms with van der Waals surface area (Å²) in [5, 5.41) is 20.9. The third-order valence-corrected chi connectivity index (χ3v) is 4.74. The van der Waals surface area contributed by atoms with E-state index in [2.05, 4.69) is 28.4 Å². The van der Waals surface area contributed by atoms with Crippen molar-refractivity contribution in [3.63, 3.8) is 0 Å². The van der Waals surface area contributed by atoms with E-state index >= 15 is 0 Å². The quantitative estimate of drug-likeness (QED) is 0.781. The van der Waals surface area contributed by atoms with E-state index in [9.17, 15) is 5.11 Å². The van der Waals surface area contributed by atoms with Gasteiger partial charge in [-0.2, -0.15) is 0 Å². The van der Waals surface area contributed by atoms with Crippen molar-refractivity contribution in [3.05, 3.63) is 48.4 Å². The molecule has 0 unspecified atom stereocenters. The predicted octanol–water partition coefficient (Wildman–Crippen LogP) is 3.24. The number of fused-ring (bicyclic) bond motifs is 1. The van der Waals surface area contributed by atoms with Crippen molar-refractivity contribution in [2.75, 3.05) is 13.6 Å². The molecule has 0 atom stereocenters. The van der Waals surface area contributed by atoms with Crippen LogP contribution in [0.15, 0.2) is 46.9 Å². The smallest absolute Gasteiger partial charge is 0.248 e. The molecule has 1 saturated carbocycles. The zero-order valence-electron chi connectivity index (χ0n) is 13.8. The Morgan fingerprint density at radius 2 is 1.92 bits per heavy atom. The monoisotopic (exact) mass is 323 g/mol. The predicted molar refractivity (Wildman–Crippen MR) is 92.4 cm³/mol. The average Bonchev–Trinajstić information content (AvgIpc) is 3.01. The number of aromatic nitrogens is 2. The SMILES string of the molecule is CN(Cc1nnc(-c2cccc3ccccc23)o1)CC1(O)CCC1. The van der Waals surface area contributed by atoms with E-state index in [0.717, 1.165) is 35.6 Å². The maximum Gasteiger partial charge on any atom is 0.248 e. The van der Waals surface area contributed by atoms with Crippen LogP contribution in [0.1, 0.15) is 25.2 Å². The van der Waals surface area contributed by atoms with Gasteiger partial charge in [-0.15, -0.1) is 10.2 Å². The number of aliphatic hydroxyl groups is 1. The van der Waals surface area contributed by atoms with E-state index in [1.165, 1.54) is 0 Å². The molecule has 24 heavy (non-hydrogen) atoms. The minimum Gasteiger partial charge on any atom is -0.419 e. The Hall–Kier alpha value is -2.24. The molecule has 1 aromatic heterocycles. The second-order valence-corrected chi connectivity index (χ2v) is 6.78. The lowest BCUT2D eigenvalue weighted by Crippen LogP contribution is -2.46. The van der Waals surface area contributed by atoms with E-state index in [4.69, 9.17) is 4.42 Å². The zero-order valence-corrected chi connectivity index (χ0v) is 13.8. The maximum absolute atomic E-state index is 10.3. The highest BCUT2D eigenvalue weighted by Crippen LogP contribution is 2.32. The molecule has 1 aliphatic carbocycles. The van der Waals surface area contributed by atoms with Crippen LogP contribution in [-0.4, -0.2) is 39.4 Å². The number of hydrogen-bond acceptors (Lipinski definition) is 5. The lowest BCUT2D eigenvalue weighted by Gasteiger charge is -2.39. The Labute approximate surface area is 140 Å². The molecule has 2 aromatic carbocycles. The van der Waals surface area contributed by atoms with Gasteiger partial charge < -0.3 is 9.52 Å². The summed E-state index contributed by atoms with van der Waals surface area (Å²) in [7, 11) is 1.97. The molecule has 0 bridgehead atoms. The molecule has 0 radical (unpaired) electrons. The zero-order chi connectivity index (χ0) is 16.6. The van der Waals surface area contributed by atoms with E-state index < -0.39 is 5.60 Å². The molecule has 1 fully saturated rings. The summed E-state index contributed by atoms with van der Waals surface area (Å²) >= 11 is 0. The van der Waals surface area contributed by atoms with Gasteiger partial charge in [0.25, 0.3) is 0 Å². The first kappa shape index (κ1) is 15.3. The first-order chi connectivity index (χ1) is 11.6. The number of benzene rings is 2. The summed E-state index contributed by atoms with van der Waals surface area (Å²) < 4.78 is 5.87. The summed E-state index contributed by atoms with van der Waals surface area (Å²) in [6.07, 6.45) is 2.86. The molecule has 0 spiro atoms. The van der Waals surface area contributed by atoms with Crippen LogP contribution < -0.4 is 0 Å². The Balaban J connectivity index is 1.54. The van der Waals surface area contributed by atoms with Gasteiger partial charge in [0.2, 0.25) is 11.8 Å². The van der Waals surface area contributed by atoms with Gasteiger partial charge in [-0.3, -0.25) is 4.90 Å². The first-order valence-corrected chi connectivity index (χ1v) is 8.34. The second kappa shape index (κ2) is 6.00. The van der Waals surface area contributed by atoms with Crippen LogP contribution in [0.5, 0.6) is 0 Å². The summed E-state index contributed by atoms with van der Waals surface area (Å²) in [4.78, 5) is 2.04. The summed E-state index contributed by atoms with van der Waals surface area (Å²) in [6, 6.07) is 14.2. The van der Waals surface area contributed by atoms with Crippen LogP contribution in [-0.2, 0) is 6.54 Å². The van der Waals surface area contributed by atoms with Crippen LogP contribution in [0.4, 0.5) is 0 Å². The van der Waals surface area contributed by atoms with Gasteiger partial charge in [-0.1, -0.05) is 36.4 Å². The van der Waals surface area contributed by atoms with Crippen LogP contribution in [0.2, 0.25) is 0 Å². The molecular weight excluding hydrogens is 302 g/mol. The van der Waals surface area contributed by atoms with Gasteiger partial charge in [0.1, 0.15) is 0 Å². The van der Waals surface area contributed by atoms with Crippen LogP contribution in [0, 0.1) is 0 Å². The highest BCUT2D eigenvalue weighted by molar-refractivity contribution is 5.94. The number of rotatable bonds is 5. The standard InChI is InChI=1S/C19H21N3O2/c1-22(13-19(23)10-5-11-19)12-17-20-21-18(24-17)16-9-4-7-14-6-2-3-8-15(14)16/h2-4,6-9,23H,5,10-13H2,1H3. The van der Waals surface area contributed by atoms with Gasteiger partial charge >= 0.3 is 0 Å². The van der Waals surface area contributed by atoms with Crippen molar-refractivity contribution in [2.24, 2.45) is 0 Å². The van der Waals surface area contributed by atoms with E-state index in [0.29, 0.717) is 24.9 Å². The fourth-order valence-corrected chi connectivity index (χ4v) is 3.37. The molecule has 124 valence electrons. The van der Waals surface area contributed by atoms with Gasteiger partial charge in [0, 0.05) is 12.1 Å². The molecule has 3 aromatic rings. The Kier molecular flexibility index (Phi) is 3.82. The number of likely N-dealkylation sites (N-methyl/N-ethyl adjacent to an activating group) is 1. The summed E-state index contributed by atoms with van der Waals surface area (Å²) in [5.74, 6) is 1.11. The topological polar surface area (TPSA) is 62.4 Å². The molecular formula is C19H21N3O2. The van der Waals surface area contributed by atoms with Crippen LogP contribution in [0.3, 0.4) is 0 Å². The fourth-order valence-electron chi connectivity index (χ4n) is 3.37. The maximum atomic E-state index is 10.3. The molecule has 4 rings (SSSR count). The number of nitrogens with zero attached hydrogens (tertiary/aromatic N) is 3. The molecule has 5 heteroatoms. The van der Waals surface area contributed by atoms with Crippen LogP contribution in [0.25, 0.3) is 22.2 Å². The third-order valence-electron chi connectivity index (χ3n) is 4.74. The fraction of sp³-hybridized carbons (Fsp3) is 0.368. The number of hydrogen-bond donors (Lipinski definition) is 1. The van der Waals surface area contributed by atoms with Gasteiger partial charge in [0.05, 0.1) is 12.1 Å². The largest absolute Gasteiger partial charge is 0.419 e. The second-order valence-electron chi connectivity index (χ2n) is 6.78. The summed E-state index contributed by atoms with van der Waals surface area (Å²) in [6.45, 7) is 1.18. The normalized spacial score (nSPS) is 16.5. The van der Waals surface area contributed by atoms with Crippen LogP contribution >= 0.6 is 0 Å². The molecule has 1 aliphatic rings. The molecule has 1 N–H and O–H groups in total. The highest BCUT2D eigenvalue weighted by atomic mass is 16.4. The van der Waals surface area contributed by atoms with Crippen molar-refractivity contribution in [3.8, 4) is 11.5 Å². The Morgan fingerprint density at radius 1 is 1.12 bits per heavy atom. The average molecular weight is 323 g/mol. The van der Waals surface area contributed by atoms with Crippen molar-refractivity contribution in [1.29, 1.82) is 0 Å². The lowest BCUT2D eigenvalue weighted by molar-refractivity contribution is -0.0565. The van der Waals surface area contributed by atoms with Crippen molar-refractivity contribution in [1.82, 2.24) is 15.1 Å². The minimum atomic E-state index is -0.534. The van der Waals surface area contributed by atoms with Crippen molar-refractivity contribution < 1.29 is 9.52 Å². The highest BCUT2D eigenvalue weighted by Gasteiger charge is 2.35. The van der Waals surface area contributed by atoms with E-state index in [1.807, 2.05) is 36.2 Å². The van der Waals surface area contributed by atoms with Gasteiger partial charge in [-0.05, 0) is 43.1 Å². The van der Waals surface area contributed by atoms with Gasteiger partial charge in [0.15, 0.2) is 0 Å². The van der Waals surface area contributed by atoms with E-state index in [-0.39, 0.29) is 0 Å². The molecule has 0 saturated heterocycles. The Morgan fingerprint density at radius 3 is 2.71 bits per heavy atom. The molecule has 1 heterocycles. The third kappa shape index (κ3) is 2.92. The van der Waals surface area contributed by atoms with Gasteiger partial charge in [-0.25, -0.2) is 0 Å². The Bertz CT molecular complexity index is 849. The molecule has 0 aliphatic heterocycles. The molecule has 5 nitrogen and oxygen atoms in total. The lowest BCUT2D eigenvalue weighted by atomic mass is 9.80. The van der Waals surface area contributed by atoms with E-state index in [1.54, 1.807) is 0 Å². The van der Waals surface area contributed by atoms with Crippen molar-refractivity contribution in [2.45, 2.75) is 31.4 Å². The minimum absolute atomic E-state index is 0.534. The van der Waals surface area contributed by atoms with Crippen molar-refractivity contribution >= 4 is 10.8 Å². The first-order valence-electron chi connectivity index (χ1n) is 8.34.